The molecular formula is C21H16FIN4O6. The summed E-state index contributed by atoms with van der Waals surface area (Å²) in [5.74, 6) is 0.532. The molecule has 3 aromatic carbocycles. The normalized spacial score (nSPS) is 10.8. The maximum absolute atomic E-state index is 13.4. The van der Waals surface area contributed by atoms with Crippen molar-refractivity contribution in [2.45, 2.75) is 6.61 Å². The van der Waals surface area contributed by atoms with Gasteiger partial charge in [-0.2, -0.15) is 5.10 Å². The highest BCUT2D eigenvalue weighted by Crippen LogP contribution is 2.34. The van der Waals surface area contributed by atoms with Gasteiger partial charge < -0.3 is 9.47 Å². The molecule has 1 N–H and O–H groups in total. The van der Waals surface area contributed by atoms with E-state index in [4.69, 9.17) is 9.47 Å². The smallest absolute Gasteiger partial charge is 0.301 e. The van der Waals surface area contributed by atoms with E-state index in [1.165, 1.54) is 31.5 Å². The number of rotatable bonds is 9. The minimum Gasteiger partial charge on any atom is -0.493 e. The van der Waals surface area contributed by atoms with Crippen LogP contribution >= 0.6 is 22.6 Å². The molecule has 0 radical (unpaired) electrons. The fourth-order valence-electron chi connectivity index (χ4n) is 2.79. The first kappa shape index (κ1) is 23.8. The standard InChI is InChI=1S/C21H16FIN4O6/c1-32-20-9-14(8-17(23)21(20)33-12-13-3-2-4-15(22)7-13)11-24-25-18-6-5-16(26(28)29)10-19(18)27(30)31/h2-11,25H,12H2,1H3/b24-11+. The number of methoxy groups -OCH3 is 1. The molecule has 0 heterocycles. The van der Waals surface area contributed by atoms with E-state index >= 15 is 0 Å². The van der Waals surface area contributed by atoms with Crippen LogP contribution in [0.2, 0.25) is 0 Å². The summed E-state index contributed by atoms with van der Waals surface area (Å²) < 4.78 is 25.3. The molecule has 0 aliphatic carbocycles. The maximum atomic E-state index is 13.4. The van der Waals surface area contributed by atoms with Gasteiger partial charge in [0.15, 0.2) is 11.5 Å². The van der Waals surface area contributed by atoms with E-state index < -0.39 is 21.2 Å². The molecule has 0 atom stereocenters. The third-order valence-corrected chi connectivity index (χ3v) is 5.11. The van der Waals surface area contributed by atoms with Crippen molar-refractivity contribution in [3.8, 4) is 11.5 Å². The van der Waals surface area contributed by atoms with E-state index in [1.807, 2.05) is 0 Å². The number of non-ortho nitro benzene ring substituents is 1. The molecule has 0 saturated heterocycles. The van der Waals surface area contributed by atoms with Gasteiger partial charge in [0, 0.05) is 6.07 Å². The van der Waals surface area contributed by atoms with E-state index in [2.05, 4.69) is 33.1 Å². The quantitative estimate of drug-likeness (QED) is 0.162. The molecule has 3 aromatic rings. The summed E-state index contributed by atoms with van der Waals surface area (Å²) in [6, 6.07) is 12.7. The Kier molecular flexibility index (Phi) is 7.71. The van der Waals surface area contributed by atoms with E-state index in [9.17, 15) is 24.6 Å². The SMILES string of the molecule is COc1cc(/C=N/Nc2ccc([N+](=O)[O-])cc2[N+](=O)[O-])cc(I)c1OCc1cccc(F)c1. The van der Waals surface area contributed by atoms with Crippen molar-refractivity contribution in [3.63, 3.8) is 0 Å². The fourth-order valence-corrected chi connectivity index (χ4v) is 3.57. The van der Waals surface area contributed by atoms with Gasteiger partial charge in [0.25, 0.3) is 5.69 Å². The first-order valence-electron chi connectivity index (χ1n) is 9.25. The van der Waals surface area contributed by atoms with Crippen LogP contribution in [0.5, 0.6) is 11.5 Å². The minimum atomic E-state index is -0.735. The van der Waals surface area contributed by atoms with Gasteiger partial charge >= 0.3 is 5.69 Å². The van der Waals surface area contributed by atoms with Crippen molar-refractivity contribution in [1.29, 1.82) is 0 Å². The van der Waals surface area contributed by atoms with Crippen LogP contribution in [0.25, 0.3) is 0 Å². The Hall–Kier alpha value is -3.81. The number of hydrogen-bond donors (Lipinski definition) is 1. The predicted molar refractivity (Wildman–Crippen MR) is 127 cm³/mol. The molecule has 0 aliphatic rings. The summed E-state index contributed by atoms with van der Waals surface area (Å²) in [4.78, 5) is 20.6. The lowest BCUT2D eigenvalue weighted by Crippen LogP contribution is -2.02. The van der Waals surface area contributed by atoms with Gasteiger partial charge in [0.1, 0.15) is 18.1 Å². The Bertz CT molecular complexity index is 1240. The summed E-state index contributed by atoms with van der Waals surface area (Å²) in [7, 11) is 1.47. The minimum absolute atomic E-state index is 0.00133. The van der Waals surface area contributed by atoms with Crippen molar-refractivity contribution in [1.82, 2.24) is 0 Å². The molecule has 0 saturated carbocycles. The highest BCUT2D eigenvalue weighted by Gasteiger charge is 2.19. The zero-order valence-electron chi connectivity index (χ0n) is 17.0. The molecule has 0 spiro atoms. The van der Waals surface area contributed by atoms with Gasteiger partial charge in [-0.3, -0.25) is 25.7 Å². The van der Waals surface area contributed by atoms with E-state index in [1.54, 1.807) is 24.3 Å². The second kappa shape index (κ2) is 10.7. The van der Waals surface area contributed by atoms with Crippen molar-refractivity contribution < 1.29 is 23.7 Å². The average molecular weight is 566 g/mol. The lowest BCUT2D eigenvalue weighted by molar-refractivity contribution is -0.393. The molecule has 33 heavy (non-hydrogen) atoms. The summed E-state index contributed by atoms with van der Waals surface area (Å²) in [5.41, 5.74) is 2.91. The average Bonchev–Trinajstić information content (AvgIpc) is 2.78. The fraction of sp³-hybridized carbons (Fsp3) is 0.0952. The number of nitro benzene ring substituents is 2. The molecule has 10 nitrogen and oxygen atoms in total. The number of ether oxygens (including phenoxy) is 2. The predicted octanol–water partition coefficient (Wildman–Crippen LogP) is 5.28. The van der Waals surface area contributed by atoms with E-state index in [0.717, 1.165) is 12.1 Å². The van der Waals surface area contributed by atoms with Crippen LogP contribution in [-0.4, -0.2) is 23.2 Å². The van der Waals surface area contributed by atoms with Crippen molar-refractivity contribution in [3.05, 3.63) is 95.3 Å². The van der Waals surface area contributed by atoms with Gasteiger partial charge in [0.05, 0.1) is 32.8 Å². The summed E-state index contributed by atoms with van der Waals surface area (Å²) >= 11 is 2.06. The number of benzene rings is 3. The van der Waals surface area contributed by atoms with Gasteiger partial charge in [0.2, 0.25) is 0 Å². The number of nitrogens with one attached hydrogen (secondary N) is 1. The van der Waals surface area contributed by atoms with Gasteiger partial charge in [-0.15, -0.1) is 0 Å². The van der Waals surface area contributed by atoms with E-state index in [-0.39, 0.29) is 18.1 Å². The van der Waals surface area contributed by atoms with Gasteiger partial charge in [-0.1, -0.05) is 12.1 Å². The van der Waals surface area contributed by atoms with Crippen molar-refractivity contribution >= 4 is 45.9 Å². The maximum Gasteiger partial charge on any atom is 0.301 e. The summed E-state index contributed by atoms with van der Waals surface area (Å²) in [6.07, 6.45) is 1.41. The Morgan fingerprint density at radius 3 is 2.58 bits per heavy atom. The molecule has 0 unspecified atom stereocenters. The summed E-state index contributed by atoms with van der Waals surface area (Å²) in [5, 5.41) is 26.0. The Labute approximate surface area is 200 Å². The Balaban J connectivity index is 1.77. The Morgan fingerprint density at radius 1 is 1.12 bits per heavy atom. The monoisotopic (exact) mass is 566 g/mol. The van der Waals surface area contributed by atoms with Crippen molar-refractivity contribution in [2.24, 2.45) is 5.10 Å². The second-order valence-corrected chi connectivity index (χ2v) is 7.70. The second-order valence-electron chi connectivity index (χ2n) is 6.54. The number of anilines is 1. The Morgan fingerprint density at radius 2 is 1.91 bits per heavy atom. The zero-order chi connectivity index (χ0) is 24.0. The topological polar surface area (TPSA) is 129 Å². The third-order valence-electron chi connectivity index (χ3n) is 4.31. The summed E-state index contributed by atoms with van der Waals surface area (Å²) in [6.45, 7) is 0.142. The molecule has 12 heteroatoms. The van der Waals surface area contributed by atoms with Crippen LogP contribution in [0.4, 0.5) is 21.5 Å². The van der Waals surface area contributed by atoms with Gasteiger partial charge in [-0.25, -0.2) is 4.39 Å². The molecule has 0 fully saturated rings. The molecule has 170 valence electrons. The highest BCUT2D eigenvalue weighted by atomic mass is 127. The van der Waals surface area contributed by atoms with Crippen LogP contribution in [0.3, 0.4) is 0 Å². The van der Waals surface area contributed by atoms with Gasteiger partial charge in [-0.05, 0) is 64.0 Å². The molecule has 0 amide bonds. The largest absolute Gasteiger partial charge is 0.493 e. The lowest BCUT2D eigenvalue weighted by Gasteiger charge is -2.13. The van der Waals surface area contributed by atoms with E-state index in [0.29, 0.717) is 26.2 Å². The zero-order valence-corrected chi connectivity index (χ0v) is 19.2. The number of halogens is 2. The molecule has 3 rings (SSSR count). The molecule has 0 bridgehead atoms. The first-order valence-corrected chi connectivity index (χ1v) is 10.3. The highest BCUT2D eigenvalue weighted by molar-refractivity contribution is 14.1. The van der Waals surface area contributed by atoms with Crippen LogP contribution in [0, 0.1) is 29.6 Å². The van der Waals surface area contributed by atoms with Crippen LogP contribution in [-0.2, 0) is 6.61 Å². The first-order chi connectivity index (χ1) is 15.8. The lowest BCUT2D eigenvalue weighted by atomic mass is 10.2. The molecular weight excluding hydrogens is 550 g/mol. The van der Waals surface area contributed by atoms with Crippen LogP contribution < -0.4 is 14.9 Å². The number of hydrazone groups is 1. The molecule has 0 aromatic heterocycles. The van der Waals surface area contributed by atoms with Crippen molar-refractivity contribution in [2.75, 3.05) is 12.5 Å². The number of nitrogens with zero attached hydrogens (tertiary/aromatic N) is 3. The molecule has 0 aliphatic heterocycles. The number of hydrogen-bond acceptors (Lipinski definition) is 8. The number of nitro groups is 2. The third kappa shape index (κ3) is 6.12. The van der Waals surface area contributed by atoms with Crippen LogP contribution in [0.1, 0.15) is 11.1 Å². The van der Waals surface area contributed by atoms with Crippen LogP contribution in [0.15, 0.2) is 59.7 Å².